The normalized spacial score (nSPS) is 11.3. The van der Waals surface area contributed by atoms with E-state index < -0.39 is 0 Å². The van der Waals surface area contributed by atoms with Crippen LogP contribution < -0.4 is 5.73 Å². The number of thiazole rings is 1. The number of rotatable bonds is 2. The van der Waals surface area contributed by atoms with E-state index in [9.17, 15) is 0 Å². The summed E-state index contributed by atoms with van der Waals surface area (Å²) < 4.78 is 0. The molecule has 4 heteroatoms. The van der Waals surface area contributed by atoms with Crippen LogP contribution in [0.2, 0.25) is 0 Å². The highest BCUT2D eigenvalue weighted by Crippen LogP contribution is 2.35. The third kappa shape index (κ3) is 2.19. The first-order valence-corrected chi connectivity index (χ1v) is 7.08. The highest BCUT2D eigenvalue weighted by Gasteiger charge is 2.15. The Morgan fingerprint density at radius 2 is 2.00 bits per heavy atom. The number of benzene rings is 1. The minimum atomic E-state index is 0.413. The number of anilines is 1. The van der Waals surface area contributed by atoms with Crippen molar-refractivity contribution in [2.75, 3.05) is 5.73 Å². The fraction of sp³-hybridized carbons (Fsp3) is 0.200. The molecule has 19 heavy (non-hydrogen) atoms. The average molecular weight is 269 g/mol. The quantitative estimate of drug-likeness (QED) is 0.763. The zero-order chi connectivity index (χ0) is 13.4. The summed E-state index contributed by atoms with van der Waals surface area (Å²) in [6.07, 6.45) is 1.88. The number of hydrogen-bond acceptors (Lipinski definition) is 4. The number of nitrogens with zero attached hydrogens (tertiary/aromatic N) is 2. The highest BCUT2D eigenvalue weighted by atomic mass is 32.1. The van der Waals surface area contributed by atoms with Gasteiger partial charge in [0.05, 0.1) is 11.2 Å². The van der Waals surface area contributed by atoms with E-state index in [2.05, 4.69) is 35.9 Å². The molecule has 0 spiro atoms. The van der Waals surface area contributed by atoms with Gasteiger partial charge in [0.1, 0.15) is 0 Å². The van der Waals surface area contributed by atoms with Crippen molar-refractivity contribution in [2.45, 2.75) is 19.8 Å². The van der Waals surface area contributed by atoms with Crippen molar-refractivity contribution in [3.8, 4) is 11.3 Å². The van der Waals surface area contributed by atoms with Crippen molar-refractivity contribution in [1.29, 1.82) is 0 Å². The fourth-order valence-corrected chi connectivity index (χ4v) is 3.01. The minimum Gasteiger partial charge on any atom is -0.375 e. The number of pyridine rings is 1. The van der Waals surface area contributed by atoms with Crippen LogP contribution in [-0.4, -0.2) is 9.97 Å². The summed E-state index contributed by atoms with van der Waals surface area (Å²) in [5, 5.41) is 1.74. The van der Waals surface area contributed by atoms with E-state index >= 15 is 0 Å². The first kappa shape index (κ1) is 12.1. The van der Waals surface area contributed by atoms with Crippen molar-refractivity contribution < 1.29 is 0 Å². The molecule has 0 amide bonds. The molecule has 3 aromatic rings. The maximum absolute atomic E-state index is 5.85. The van der Waals surface area contributed by atoms with Crippen LogP contribution in [0.1, 0.15) is 24.6 Å². The van der Waals surface area contributed by atoms with Crippen LogP contribution in [0.25, 0.3) is 22.2 Å². The Morgan fingerprint density at radius 3 is 2.79 bits per heavy atom. The maximum atomic E-state index is 5.85. The lowest BCUT2D eigenvalue weighted by Gasteiger charge is -2.06. The molecule has 2 N–H and O–H groups in total. The largest absolute Gasteiger partial charge is 0.375 e. The second kappa shape index (κ2) is 4.63. The Morgan fingerprint density at radius 1 is 1.21 bits per heavy atom. The molecular weight excluding hydrogens is 254 g/mol. The van der Waals surface area contributed by atoms with Crippen LogP contribution in [-0.2, 0) is 0 Å². The molecule has 3 rings (SSSR count). The van der Waals surface area contributed by atoms with Gasteiger partial charge >= 0.3 is 0 Å². The smallest absolute Gasteiger partial charge is 0.180 e. The van der Waals surface area contributed by atoms with Gasteiger partial charge in [-0.1, -0.05) is 32.0 Å². The van der Waals surface area contributed by atoms with E-state index in [1.54, 1.807) is 11.3 Å². The highest BCUT2D eigenvalue weighted by molar-refractivity contribution is 7.15. The van der Waals surface area contributed by atoms with Gasteiger partial charge in [-0.2, -0.15) is 0 Å². The number of fused-ring (bicyclic) bond motifs is 1. The van der Waals surface area contributed by atoms with Gasteiger partial charge < -0.3 is 5.73 Å². The molecule has 1 aromatic carbocycles. The van der Waals surface area contributed by atoms with Gasteiger partial charge in [0.25, 0.3) is 0 Å². The summed E-state index contributed by atoms with van der Waals surface area (Å²) in [6, 6.07) is 10.2. The van der Waals surface area contributed by atoms with Crippen molar-refractivity contribution in [1.82, 2.24) is 9.97 Å². The van der Waals surface area contributed by atoms with Gasteiger partial charge in [-0.25, -0.2) is 4.98 Å². The third-order valence-electron chi connectivity index (χ3n) is 3.06. The molecule has 3 nitrogen and oxygen atoms in total. The van der Waals surface area contributed by atoms with E-state index in [-0.39, 0.29) is 0 Å². The molecule has 2 heterocycles. The molecule has 0 bridgehead atoms. The lowest BCUT2D eigenvalue weighted by Crippen LogP contribution is -1.90. The summed E-state index contributed by atoms with van der Waals surface area (Å²) >= 11 is 1.56. The number of nitrogens with two attached hydrogens (primary N) is 1. The second-order valence-electron chi connectivity index (χ2n) is 4.84. The van der Waals surface area contributed by atoms with E-state index in [1.165, 1.54) is 4.88 Å². The SMILES string of the molecule is CC(C)c1sc(N)nc1-c1cnc2ccccc2c1. The lowest BCUT2D eigenvalue weighted by atomic mass is 10.1. The van der Waals surface area contributed by atoms with Crippen LogP contribution in [0.15, 0.2) is 36.5 Å². The number of hydrogen-bond donors (Lipinski definition) is 1. The Hall–Kier alpha value is -1.94. The molecular formula is C15H15N3S. The van der Waals surface area contributed by atoms with E-state index in [1.807, 2.05) is 24.4 Å². The fourth-order valence-electron chi connectivity index (χ4n) is 2.15. The minimum absolute atomic E-state index is 0.413. The van der Waals surface area contributed by atoms with Gasteiger partial charge in [0.15, 0.2) is 5.13 Å². The summed E-state index contributed by atoms with van der Waals surface area (Å²) in [6.45, 7) is 4.32. The maximum Gasteiger partial charge on any atom is 0.180 e. The van der Waals surface area contributed by atoms with Crippen molar-refractivity contribution in [2.24, 2.45) is 0 Å². The van der Waals surface area contributed by atoms with Gasteiger partial charge in [0.2, 0.25) is 0 Å². The zero-order valence-corrected chi connectivity index (χ0v) is 11.7. The Bertz CT molecular complexity index is 731. The molecule has 0 unspecified atom stereocenters. The molecule has 0 aliphatic heterocycles. The Labute approximate surface area is 116 Å². The average Bonchev–Trinajstić information content (AvgIpc) is 2.80. The topological polar surface area (TPSA) is 51.8 Å². The van der Waals surface area contributed by atoms with Crippen molar-refractivity contribution in [3.63, 3.8) is 0 Å². The van der Waals surface area contributed by atoms with E-state index in [4.69, 9.17) is 5.73 Å². The predicted octanol–water partition coefficient (Wildman–Crippen LogP) is 4.06. The molecule has 96 valence electrons. The van der Waals surface area contributed by atoms with Gasteiger partial charge in [-0.3, -0.25) is 4.98 Å². The molecule has 0 atom stereocenters. The van der Waals surface area contributed by atoms with Gasteiger partial charge in [-0.15, -0.1) is 11.3 Å². The van der Waals surface area contributed by atoms with Crippen LogP contribution in [0.4, 0.5) is 5.13 Å². The molecule has 0 saturated heterocycles. The van der Waals surface area contributed by atoms with Crippen LogP contribution >= 0.6 is 11.3 Å². The third-order valence-corrected chi connectivity index (χ3v) is 4.24. The zero-order valence-electron chi connectivity index (χ0n) is 10.9. The first-order valence-electron chi connectivity index (χ1n) is 6.26. The standard InChI is InChI=1S/C15H15N3S/c1-9(2)14-13(18-15(16)19-14)11-7-10-5-3-4-6-12(10)17-8-11/h3-9H,1-2H3,(H2,16,18). The summed E-state index contributed by atoms with van der Waals surface area (Å²) in [5.41, 5.74) is 8.86. The van der Waals surface area contributed by atoms with Crippen molar-refractivity contribution in [3.05, 3.63) is 41.4 Å². The van der Waals surface area contributed by atoms with E-state index in [0.717, 1.165) is 22.2 Å². The van der Waals surface area contributed by atoms with Crippen molar-refractivity contribution >= 4 is 27.4 Å². The van der Waals surface area contributed by atoms with Crippen LogP contribution in [0.3, 0.4) is 0 Å². The predicted molar refractivity (Wildman–Crippen MR) is 81.4 cm³/mol. The monoisotopic (exact) mass is 269 g/mol. The Kier molecular flexibility index (Phi) is 2.95. The summed E-state index contributed by atoms with van der Waals surface area (Å²) in [4.78, 5) is 10.2. The molecule has 0 saturated carbocycles. The number of nitrogen functional groups attached to an aromatic ring is 1. The van der Waals surface area contributed by atoms with E-state index in [0.29, 0.717) is 11.0 Å². The Balaban J connectivity index is 2.18. The van der Waals surface area contributed by atoms with Gasteiger partial charge in [-0.05, 0) is 18.1 Å². The summed E-state index contributed by atoms with van der Waals surface area (Å²) in [7, 11) is 0. The first-order chi connectivity index (χ1) is 9.15. The molecule has 2 aromatic heterocycles. The lowest BCUT2D eigenvalue weighted by molar-refractivity contribution is 0.888. The number of para-hydroxylation sites is 1. The molecule has 0 aliphatic rings. The molecule has 0 radical (unpaired) electrons. The molecule has 0 aliphatic carbocycles. The van der Waals surface area contributed by atoms with Gasteiger partial charge in [0, 0.05) is 22.0 Å². The molecule has 0 fully saturated rings. The second-order valence-corrected chi connectivity index (χ2v) is 5.90. The van der Waals surface area contributed by atoms with Crippen LogP contribution in [0.5, 0.6) is 0 Å². The number of aromatic nitrogens is 2. The van der Waals surface area contributed by atoms with Crippen LogP contribution in [0, 0.1) is 0 Å². The summed E-state index contributed by atoms with van der Waals surface area (Å²) in [5.74, 6) is 0.413.